The second-order valence-electron chi connectivity index (χ2n) is 8.46. The van der Waals surface area contributed by atoms with Crippen LogP contribution in [0.4, 0.5) is 0 Å². The zero-order chi connectivity index (χ0) is 19.0. The highest BCUT2D eigenvalue weighted by molar-refractivity contribution is 8.05. The molecule has 0 aromatic heterocycles. The van der Waals surface area contributed by atoms with Gasteiger partial charge in [0.2, 0.25) is 20.0 Å². The highest BCUT2D eigenvalue weighted by atomic mass is 32.3. The minimum Gasteiger partial charge on any atom is -0.211 e. The molecule has 0 bridgehead atoms. The zero-order valence-corrected chi connectivity index (χ0v) is 17.8. The van der Waals surface area contributed by atoms with Gasteiger partial charge in [-0.2, -0.15) is 8.61 Å². The van der Waals surface area contributed by atoms with Crippen LogP contribution < -0.4 is 0 Å². The Labute approximate surface area is 143 Å². The van der Waals surface area contributed by atoms with E-state index in [1.54, 1.807) is 69.2 Å². The first kappa shape index (κ1) is 22.8. The van der Waals surface area contributed by atoms with Gasteiger partial charge in [-0.1, -0.05) is 0 Å². The van der Waals surface area contributed by atoms with E-state index in [-0.39, 0.29) is 12.1 Å². The van der Waals surface area contributed by atoms with Crippen LogP contribution in [-0.4, -0.2) is 53.7 Å². The molecule has 0 aromatic rings. The SMILES string of the molecule is CC(C)N(C(C)(C)C)S(=O)(=O)CS(=O)(=O)N(C(C)C)C(C)(C)C. The van der Waals surface area contributed by atoms with E-state index in [4.69, 9.17) is 0 Å². The van der Waals surface area contributed by atoms with E-state index in [0.29, 0.717) is 0 Å². The Morgan fingerprint density at radius 2 is 0.870 bits per heavy atom. The van der Waals surface area contributed by atoms with E-state index < -0.39 is 36.2 Å². The normalized spacial score (nSPS) is 15.2. The molecule has 0 radical (unpaired) electrons. The maximum Gasteiger partial charge on any atom is 0.230 e. The predicted octanol–water partition coefficient (Wildman–Crippen LogP) is 2.62. The van der Waals surface area contributed by atoms with E-state index in [1.807, 2.05) is 0 Å². The fourth-order valence-corrected chi connectivity index (χ4v) is 8.70. The Kier molecular flexibility index (Phi) is 6.92. The van der Waals surface area contributed by atoms with Gasteiger partial charge in [-0.15, -0.1) is 0 Å². The third kappa shape index (κ3) is 5.99. The largest absolute Gasteiger partial charge is 0.230 e. The molecule has 0 amide bonds. The molecule has 23 heavy (non-hydrogen) atoms. The summed E-state index contributed by atoms with van der Waals surface area (Å²) in [5, 5.41) is -0.912. The number of nitrogens with zero attached hydrogens (tertiary/aromatic N) is 2. The van der Waals surface area contributed by atoms with Crippen molar-refractivity contribution in [2.75, 3.05) is 5.08 Å². The standard InChI is InChI=1S/C15H34N2O4S2/c1-12(2)16(14(5,6)7)22(18,19)11-23(20,21)17(13(3)4)15(8,9)10/h12-13H,11H2,1-10H3. The van der Waals surface area contributed by atoms with E-state index in [0.717, 1.165) is 0 Å². The van der Waals surface area contributed by atoms with Crippen molar-refractivity contribution in [1.29, 1.82) is 0 Å². The summed E-state index contributed by atoms with van der Waals surface area (Å²) in [5.41, 5.74) is -1.38. The van der Waals surface area contributed by atoms with Crippen molar-refractivity contribution < 1.29 is 16.8 Å². The average Bonchev–Trinajstić information content (AvgIpc) is 2.03. The van der Waals surface area contributed by atoms with Crippen molar-refractivity contribution in [2.45, 2.75) is 92.4 Å². The van der Waals surface area contributed by atoms with Crippen LogP contribution >= 0.6 is 0 Å². The lowest BCUT2D eigenvalue weighted by Gasteiger charge is -2.40. The van der Waals surface area contributed by atoms with Crippen LogP contribution in [0.3, 0.4) is 0 Å². The van der Waals surface area contributed by atoms with Gasteiger partial charge >= 0.3 is 0 Å². The van der Waals surface area contributed by atoms with Crippen LogP contribution in [0.25, 0.3) is 0 Å². The number of hydrogen-bond donors (Lipinski definition) is 0. The fraction of sp³-hybridized carbons (Fsp3) is 1.00. The number of sulfonamides is 2. The molecular formula is C15H34N2O4S2. The first-order valence-corrected chi connectivity index (χ1v) is 11.1. The lowest BCUT2D eigenvalue weighted by molar-refractivity contribution is 0.206. The summed E-state index contributed by atoms with van der Waals surface area (Å²) in [6.07, 6.45) is 0. The van der Waals surface area contributed by atoms with Crippen molar-refractivity contribution in [2.24, 2.45) is 0 Å². The monoisotopic (exact) mass is 370 g/mol. The average molecular weight is 371 g/mol. The Morgan fingerprint density at radius 3 is 1.00 bits per heavy atom. The van der Waals surface area contributed by atoms with Gasteiger partial charge in [0.1, 0.15) is 0 Å². The van der Waals surface area contributed by atoms with E-state index in [1.165, 1.54) is 8.61 Å². The van der Waals surface area contributed by atoms with Crippen molar-refractivity contribution in [3.05, 3.63) is 0 Å². The van der Waals surface area contributed by atoms with Gasteiger partial charge in [0.05, 0.1) is 0 Å². The molecule has 0 fully saturated rings. The van der Waals surface area contributed by atoms with Gasteiger partial charge < -0.3 is 0 Å². The van der Waals surface area contributed by atoms with Gasteiger partial charge in [-0.05, 0) is 69.2 Å². The molecule has 0 N–H and O–H groups in total. The second kappa shape index (κ2) is 6.98. The molecule has 8 heteroatoms. The minimum absolute atomic E-state index is 0.322. The van der Waals surface area contributed by atoms with Crippen LogP contribution in [0.5, 0.6) is 0 Å². The molecule has 140 valence electrons. The summed E-state index contributed by atoms with van der Waals surface area (Å²) >= 11 is 0. The van der Waals surface area contributed by atoms with E-state index in [9.17, 15) is 16.8 Å². The molecule has 0 unspecified atom stereocenters. The summed E-state index contributed by atoms with van der Waals surface area (Å²) in [4.78, 5) is 0. The smallest absolute Gasteiger partial charge is 0.211 e. The maximum absolute atomic E-state index is 12.8. The quantitative estimate of drug-likeness (QED) is 0.720. The van der Waals surface area contributed by atoms with Crippen LogP contribution in [0.2, 0.25) is 0 Å². The lowest BCUT2D eigenvalue weighted by Crippen LogP contribution is -2.55. The van der Waals surface area contributed by atoms with Crippen LogP contribution in [-0.2, 0) is 20.0 Å². The number of rotatable bonds is 6. The summed E-state index contributed by atoms with van der Waals surface area (Å²) in [5.74, 6) is 0. The molecule has 0 aliphatic heterocycles. The molecule has 0 rings (SSSR count). The molecule has 0 aliphatic rings. The molecule has 0 saturated carbocycles. The van der Waals surface area contributed by atoms with Crippen molar-refractivity contribution in [1.82, 2.24) is 8.61 Å². The number of hydrogen-bond acceptors (Lipinski definition) is 4. The maximum atomic E-state index is 12.8. The Bertz CT molecular complexity index is 540. The first-order chi connectivity index (χ1) is 9.84. The minimum atomic E-state index is -3.97. The second-order valence-corrected chi connectivity index (χ2v) is 12.5. The molecule has 0 heterocycles. The Balaban J connectivity index is 5.94. The third-order valence-electron chi connectivity index (χ3n) is 3.16. The van der Waals surface area contributed by atoms with Gasteiger partial charge in [0, 0.05) is 23.2 Å². The summed E-state index contributed by atoms with van der Waals surface area (Å²) in [6.45, 7) is 17.6. The van der Waals surface area contributed by atoms with Gasteiger partial charge in [-0.25, -0.2) is 16.8 Å². The van der Waals surface area contributed by atoms with Crippen LogP contribution in [0.15, 0.2) is 0 Å². The highest BCUT2D eigenvalue weighted by Crippen LogP contribution is 2.27. The van der Waals surface area contributed by atoms with Crippen molar-refractivity contribution in [3.8, 4) is 0 Å². The van der Waals surface area contributed by atoms with Crippen molar-refractivity contribution >= 4 is 20.0 Å². The topological polar surface area (TPSA) is 74.8 Å². The van der Waals surface area contributed by atoms with Crippen LogP contribution in [0, 0.1) is 0 Å². The molecule has 0 spiro atoms. The third-order valence-corrected chi connectivity index (χ3v) is 8.68. The van der Waals surface area contributed by atoms with Gasteiger partial charge in [0.15, 0.2) is 5.08 Å². The summed E-state index contributed by atoms with van der Waals surface area (Å²) in [7, 11) is -7.94. The molecule has 0 saturated heterocycles. The lowest BCUT2D eigenvalue weighted by atomic mass is 10.1. The molecule has 0 aliphatic carbocycles. The molecule has 0 aromatic carbocycles. The Hall–Kier alpha value is -0.180. The fourth-order valence-electron chi connectivity index (χ4n) is 3.33. The van der Waals surface area contributed by atoms with Crippen LogP contribution in [0.1, 0.15) is 69.2 Å². The van der Waals surface area contributed by atoms with E-state index >= 15 is 0 Å². The Morgan fingerprint density at radius 1 is 0.652 bits per heavy atom. The first-order valence-electron chi connectivity index (χ1n) is 7.88. The zero-order valence-electron chi connectivity index (χ0n) is 16.2. The molecule has 6 nitrogen and oxygen atoms in total. The van der Waals surface area contributed by atoms with E-state index in [2.05, 4.69) is 0 Å². The highest BCUT2D eigenvalue weighted by Gasteiger charge is 2.42. The predicted molar refractivity (Wildman–Crippen MR) is 96.2 cm³/mol. The van der Waals surface area contributed by atoms with Gasteiger partial charge in [0.25, 0.3) is 0 Å². The summed E-state index contributed by atoms with van der Waals surface area (Å²) in [6, 6.07) is -0.644. The molecule has 0 atom stereocenters. The molecular weight excluding hydrogens is 336 g/mol. The van der Waals surface area contributed by atoms with Gasteiger partial charge in [-0.3, -0.25) is 0 Å². The van der Waals surface area contributed by atoms with Crippen molar-refractivity contribution in [3.63, 3.8) is 0 Å². The summed E-state index contributed by atoms with van der Waals surface area (Å²) < 4.78 is 53.8.